The van der Waals surface area contributed by atoms with Gasteiger partial charge in [-0.15, -0.1) is 0 Å². The third kappa shape index (κ3) is 5.62. The lowest BCUT2D eigenvalue weighted by Crippen LogP contribution is -2.13. The topological polar surface area (TPSA) is 89.9 Å². The Kier molecular flexibility index (Phi) is 7.41. The Morgan fingerprint density at radius 3 is 1.62 bits per heavy atom. The van der Waals surface area contributed by atoms with Gasteiger partial charge in [0.15, 0.2) is 6.10 Å². The van der Waals surface area contributed by atoms with Gasteiger partial charge in [0.2, 0.25) is 0 Å². The molecule has 164 valence electrons. The maximum Gasteiger partial charge on any atom is 0.337 e. The smallest absolute Gasteiger partial charge is 0.337 e. The van der Waals surface area contributed by atoms with Crippen LogP contribution >= 0.6 is 0 Å². The molecular formula is C26H24O6. The number of carboxylic acids is 1. The van der Waals surface area contributed by atoms with Crippen molar-refractivity contribution in [2.24, 2.45) is 0 Å². The number of hydrogen-bond acceptors (Lipinski definition) is 5. The number of furan rings is 2. The molecule has 1 unspecified atom stereocenters. The van der Waals surface area contributed by atoms with Gasteiger partial charge in [-0.05, 0) is 43.7 Å². The highest BCUT2D eigenvalue weighted by atomic mass is 16.5. The normalized spacial score (nSPS) is 11.3. The van der Waals surface area contributed by atoms with Gasteiger partial charge < -0.3 is 18.7 Å². The third-order valence-electron chi connectivity index (χ3n) is 4.77. The second kappa shape index (κ2) is 10.4. The van der Waals surface area contributed by atoms with Gasteiger partial charge in [-0.2, -0.15) is 0 Å². The molecule has 32 heavy (non-hydrogen) atoms. The van der Waals surface area contributed by atoms with Crippen LogP contribution in [0.4, 0.5) is 0 Å². The lowest BCUT2D eigenvalue weighted by atomic mass is 10.1. The molecule has 6 nitrogen and oxygen atoms in total. The van der Waals surface area contributed by atoms with Crippen molar-refractivity contribution < 1.29 is 28.3 Å². The van der Waals surface area contributed by atoms with E-state index in [-0.39, 0.29) is 0 Å². The highest BCUT2D eigenvalue weighted by molar-refractivity contribution is 5.76. The minimum atomic E-state index is -1.00. The van der Waals surface area contributed by atoms with Crippen molar-refractivity contribution >= 4 is 12.3 Å². The molecule has 6 heteroatoms. The number of aliphatic carboxylic acids is 1. The van der Waals surface area contributed by atoms with Crippen molar-refractivity contribution in [3.05, 3.63) is 95.4 Å². The van der Waals surface area contributed by atoms with Gasteiger partial charge in [0.05, 0.1) is 0 Å². The minimum Gasteiger partial charge on any atom is -0.479 e. The Morgan fingerprint density at radius 1 is 0.812 bits per heavy atom. The molecule has 1 N–H and O–H groups in total. The van der Waals surface area contributed by atoms with Gasteiger partial charge in [0, 0.05) is 23.8 Å². The molecule has 4 rings (SSSR count). The van der Waals surface area contributed by atoms with E-state index in [1.165, 1.54) is 7.11 Å². The summed E-state index contributed by atoms with van der Waals surface area (Å²) in [5.74, 6) is 2.33. The molecule has 4 aromatic rings. The van der Waals surface area contributed by atoms with Gasteiger partial charge in [-0.25, -0.2) is 4.79 Å². The van der Waals surface area contributed by atoms with Crippen molar-refractivity contribution in [3.63, 3.8) is 0 Å². The summed E-state index contributed by atoms with van der Waals surface area (Å²) in [6.07, 6.45) is -0.102. The van der Waals surface area contributed by atoms with E-state index < -0.39 is 12.1 Å². The van der Waals surface area contributed by atoms with E-state index in [0.717, 1.165) is 40.5 Å². The van der Waals surface area contributed by atoms with Crippen LogP contribution in [0, 0.1) is 13.8 Å². The summed E-state index contributed by atoms with van der Waals surface area (Å²) in [6.45, 7) is 3.78. The molecule has 0 aliphatic carbocycles. The summed E-state index contributed by atoms with van der Waals surface area (Å²) in [5.41, 5.74) is 3.19. The summed E-state index contributed by atoms with van der Waals surface area (Å²) >= 11 is 0. The molecular weight excluding hydrogens is 408 g/mol. The SMILES string of the molecule is COC(C(=O)O)c1ccc(-c2ccc(C)o2)cc1.Cc1ccc(-c2ccc(C=O)cc2)o1. The van der Waals surface area contributed by atoms with Crippen LogP contribution in [0.2, 0.25) is 0 Å². The van der Waals surface area contributed by atoms with Crippen LogP contribution in [-0.2, 0) is 9.53 Å². The summed E-state index contributed by atoms with van der Waals surface area (Å²) in [7, 11) is 1.38. The number of carboxylic acid groups (broad SMARTS) is 1. The summed E-state index contributed by atoms with van der Waals surface area (Å²) in [4.78, 5) is 21.4. The molecule has 2 aromatic carbocycles. The second-order valence-electron chi connectivity index (χ2n) is 7.14. The van der Waals surface area contributed by atoms with Crippen LogP contribution < -0.4 is 0 Å². The second-order valence-corrected chi connectivity index (χ2v) is 7.14. The standard InChI is InChI=1S/C14H14O4.C12H10O2/c1-9-3-8-12(18-9)10-4-6-11(7-5-10)13(17-2)14(15)16;1-9-2-7-12(14-9)11-5-3-10(8-13)4-6-11/h3-8,13H,1-2H3,(H,15,16);2-8H,1H3. The summed E-state index contributed by atoms with van der Waals surface area (Å²) in [5, 5.41) is 8.97. The van der Waals surface area contributed by atoms with Crippen molar-refractivity contribution in [1.29, 1.82) is 0 Å². The largest absolute Gasteiger partial charge is 0.479 e. The van der Waals surface area contributed by atoms with E-state index in [9.17, 15) is 9.59 Å². The van der Waals surface area contributed by atoms with Crippen LogP contribution in [0.5, 0.6) is 0 Å². The third-order valence-corrected chi connectivity index (χ3v) is 4.77. The number of rotatable bonds is 6. The summed E-state index contributed by atoms with van der Waals surface area (Å²) in [6, 6.07) is 22.0. The fourth-order valence-corrected chi connectivity index (χ4v) is 3.11. The Labute approximate surface area is 186 Å². The highest BCUT2D eigenvalue weighted by Crippen LogP contribution is 2.25. The molecule has 0 bridgehead atoms. The van der Waals surface area contributed by atoms with Gasteiger partial charge in [0.1, 0.15) is 29.3 Å². The molecule has 0 aliphatic heterocycles. The van der Waals surface area contributed by atoms with Crippen LogP contribution in [-0.4, -0.2) is 24.5 Å². The van der Waals surface area contributed by atoms with Gasteiger partial charge in [-0.3, -0.25) is 4.79 Å². The van der Waals surface area contributed by atoms with Crippen LogP contribution in [0.15, 0.2) is 81.6 Å². The Balaban J connectivity index is 0.000000186. The first-order chi connectivity index (χ1) is 15.4. The molecule has 0 aliphatic rings. The zero-order chi connectivity index (χ0) is 23.1. The quantitative estimate of drug-likeness (QED) is 0.371. The molecule has 1 atom stereocenters. The molecule has 2 aromatic heterocycles. The van der Waals surface area contributed by atoms with E-state index in [0.29, 0.717) is 11.1 Å². The average molecular weight is 432 g/mol. The number of benzene rings is 2. The van der Waals surface area contributed by atoms with Crippen molar-refractivity contribution in [2.75, 3.05) is 7.11 Å². The lowest BCUT2D eigenvalue weighted by molar-refractivity contribution is -0.148. The maximum absolute atomic E-state index is 10.9. The Morgan fingerprint density at radius 2 is 1.28 bits per heavy atom. The molecule has 0 radical (unpaired) electrons. The number of hydrogen-bond donors (Lipinski definition) is 1. The van der Waals surface area contributed by atoms with Crippen molar-refractivity contribution in [3.8, 4) is 22.6 Å². The predicted molar refractivity (Wildman–Crippen MR) is 121 cm³/mol. The molecule has 0 spiro atoms. The molecule has 0 saturated carbocycles. The lowest BCUT2D eigenvalue weighted by Gasteiger charge is -2.10. The first-order valence-electron chi connectivity index (χ1n) is 9.95. The number of ether oxygens (including phenoxy) is 1. The van der Waals surface area contributed by atoms with E-state index in [1.807, 2.05) is 62.4 Å². The number of aryl methyl sites for hydroxylation is 2. The molecule has 0 saturated heterocycles. The number of aldehydes is 1. The van der Waals surface area contributed by atoms with E-state index in [1.54, 1.807) is 24.3 Å². The Hall–Kier alpha value is -3.90. The van der Waals surface area contributed by atoms with Gasteiger partial charge in [-0.1, -0.05) is 48.5 Å². The minimum absolute atomic E-state index is 0.608. The van der Waals surface area contributed by atoms with Crippen LogP contribution in [0.1, 0.15) is 33.5 Å². The van der Waals surface area contributed by atoms with E-state index in [4.69, 9.17) is 18.7 Å². The Bertz CT molecular complexity index is 1170. The van der Waals surface area contributed by atoms with Crippen molar-refractivity contribution in [2.45, 2.75) is 20.0 Å². The monoisotopic (exact) mass is 432 g/mol. The fraction of sp³-hybridized carbons (Fsp3) is 0.154. The average Bonchev–Trinajstić information content (AvgIpc) is 3.43. The highest BCUT2D eigenvalue weighted by Gasteiger charge is 2.18. The molecule has 0 fully saturated rings. The number of carbonyl (C=O) groups is 2. The van der Waals surface area contributed by atoms with Crippen LogP contribution in [0.25, 0.3) is 22.6 Å². The zero-order valence-corrected chi connectivity index (χ0v) is 18.1. The van der Waals surface area contributed by atoms with Gasteiger partial charge >= 0.3 is 5.97 Å². The van der Waals surface area contributed by atoms with Crippen molar-refractivity contribution in [1.82, 2.24) is 0 Å². The van der Waals surface area contributed by atoms with E-state index in [2.05, 4.69) is 0 Å². The first-order valence-corrected chi connectivity index (χ1v) is 9.95. The fourth-order valence-electron chi connectivity index (χ4n) is 3.11. The van der Waals surface area contributed by atoms with E-state index >= 15 is 0 Å². The molecule has 2 heterocycles. The maximum atomic E-state index is 10.9. The zero-order valence-electron chi connectivity index (χ0n) is 18.1. The number of methoxy groups -OCH3 is 1. The molecule has 0 amide bonds. The number of carbonyl (C=O) groups excluding carboxylic acids is 1. The first kappa shape index (κ1) is 22.8. The van der Waals surface area contributed by atoms with Crippen LogP contribution in [0.3, 0.4) is 0 Å². The predicted octanol–water partition coefficient (Wildman–Crippen LogP) is 6.09. The summed E-state index contributed by atoms with van der Waals surface area (Å²) < 4.78 is 15.9. The van der Waals surface area contributed by atoms with Gasteiger partial charge in [0.25, 0.3) is 0 Å².